The van der Waals surface area contributed by atoms with E-state index in [4.69, 9.17) is 4.74 Å². The van der Waals surface area contributed by atoms with Crippen LogP contribution in [0.2, 0.25) is 0 Å². The number of morpholine rings is 1. The first-order valence-corrected chi connectivity index (χ1v) is 8.30. The van der Waals surface area contributed by atoms with Crippen molar-refractivity contribution in [1.29, 1.82) is 0 Å². The summed E-state index contributed by atoms with van der Waals surface area (Å²) < 4.78 is 5.60. The second kappa shape index (κ2) is 7.15. The van der Waals surface area contributed by atoms with Crippen LogP contribution in [0.3, 0.4) is 0 Å². The number of rotatable bonds is 4. The number of nitrogens with one attached hydrogen (secondary N) is 1. The van der Waals surface area contributed by atoms with Crippen molar-refractivity contribution in [2.24, 2.45) is 0 Å². The molecule has 24 heavy (non-hydrogen) atoms. The van der Waals surface area contributed by atoms with Crippen molar-refractivity contribution in [2.75, 3.05) is 50.6 Å². The summed E-state index contributed by atoms with van der Waals surface area (Å²) in [5, 5.41) is 3.96. The minimum Gasteiger partial charge on any atom is -0.366 e. The molecule has 1 N–H and O–H groups in total. The van der Waals surface area contributed by atoms with E-state index in [1.165, 1.54) is 0 Å². The van der Waals surface area contributed by atoms with Gasteiger partial charge in [-0.1, -0.05) is 6.92 Å². The van der Waals surface area contributed by atoms with Gasteiger partial charge in [0.15, 0.2) is 0 Å². The summed E-state index contributed by atoms with van der Waals surface area (Å²) in [6.45, 7) is 5.16. The average Bonchev–Trinajstić information content (AvgIpc) is 2.61. The number of carbonyl (C=O) groups excluding carboxylic acids is 1. The third-order valence-electron chi connectivity index (χ3n) is 4.29. The molecular weight excluding hydrogens is 304 g/mol. The summed E-state index contributed by atoms with van der Waals surface area (Å²) in [5.74, 6) is 0.819. The lowest BCUT2D eigenvalue weighted by Gasteiger charge is -2.31. The Hall–Kier alpha value is -2.18. The summed E-state index contributed by atoms with van der Waals surface area (Å²) in [5.41, 5.74) is 1.68. The van der Waals surface area contributed by atoms with E-state index in [0.29, 0.717) is 13.2 Å². The van der Waals surface area contributed by atoms with E-state index in [1.807, 2.05) is 49.3 Å². The molecule has 1 saturated heterocycles. The van der Waals surface area contributed by atoms with E-state index in [-0.39, 0.29) is 5.91 Å². The Bertz CT molecular complexity index is 732. The number of amides is 1. The molecule has 6 heteroatoms. The molecule has 1 aliphatic rings. The first kappa shape index (κ1) is 16.7. The Morgan fingerprint density at radius 2 is 2.21 bits per heavy atom. The van der Waals surface area contributed by atoms with E-state index in [2.05, 4.69) is 22.1 Å². The maximum absolute atomic E-state index is 12.4. The largest absolute Gasteiger partial charge is 0.366 e. The first-order valence-electron chi connectivity index (χ1n) is 8.30. The maximum atomic E-state index is 12.4. The van der Waals surface area contributed by atoms with Gasteiger partial charge in [-0.2, -0.15) is 0 Å². The van der Waals surface area contributed by atoms with Crippen LogP contribution in [0.5, 0.6) is 0 Å². The highest BCUT2D eigenvalue weighted by molar-refractivity contribution is 5.96. The van der Waals surface area contributed by atoms with Gasteiger partial charge in [-0.05, 0) is 36.9 Å². The number of hydrogen-bond acceptors (Lipinski definition) is 5. The molecule has 0 spiro atoms. The van der Waals surface area contributed by atoms with Gasteiger partial charge >= 0.3 is 0 Å². The smallest absolute Gasteiger partial charge is 0.254 e. The van der Waals surface area contributed by atoms with E-state index in [9.17, 15) is 4.79 Å². The zero-order valence-electron chi connectivity index (χ0n) is 14.5. The molecule has 1 atom stereocenters. The number of benzene rings is 1. The monoisotopic (exact) mass is 328 g/mol. The predicted molar refractivity (Wildman–Crippen MR) is 96.6 cm³/mol. The van der Waals surface area contributed by atoms with Gasteiger partial charge in [-0.25, -0.2) is 4.98 Å². The molecule has 0 bridgehead atoms. The Morgan fingerprint density at radius 3 is 2.96 bits per heavy atom. The second-order valence-corrected chi connectivity index (χ2v) is 6.21. The molecule has 1 fully saturated rings. The summed E-state index contributed by atoms with van der Waals surface area (Å²) in [6, 6.07) is 9.74. The van der Waals surface area contributed by atoms with Crippen LogP contribution in [0.15, 0.2) is 30.3 Å². The first-order chi connectivity index (χ1) is 11.6. The van der Waals surface area contributed by atoms with Crippen LogP contribution in [0.1, 0.15) is 6.92 Å². The van der Waals surface area contributed by atoms with E-state index < -0.39 is 6.10 Å². The minimum absolute atomic E-state index is 0.0922. The van der Waals surface area contributed by atoms with Gasteiger partial charge in [-0.3, -0.25) is 9.69 Å². The normalized spacial score (nSPS) is 18.5. The van der Waals surface area contributed by atoms with Crippen molar-refractivity contribution >= 4 is 28.3 Å². The van der Waals surface area contributed by atoms with Crippen molar-refractivity contribution in [2.45, 2.75) is 13.0 Å². The number of nitrogens with zero attached hydrogens (tertiary/aromatic N) is 3. The van der Waals surface area contributed by atoms with Crippen molar-refractivity contribution in [3.05, 3.63) is 30.3 Å². The lowest BCUT2D eigenvalue weighted by Crippen LogP contribution is -2.47. The zero-order chi connectivity index (χ0) is 17.1. The molecule has 1 amide bonds. The highest BCUT2D eigenvalue weighted by atomic mass is 16.5. The maximum Gasteiger partial charge on any atom is 0.254 e. The van der Waals surface area contributed by atoms with Crippen molar-refractivity contribution in [3.8, 4) is 0 Å². The number of carbonyl (C=O) groups is 1. The van der Waals surface area contributed by atoms with Crippen LogP contribution < -0.4 is 10.2 Å². The highest BCUT2D eigenvalue weighted by Crippen LogP contribution is 2.21. The summed E-state index contributed by atoms with van der Waals surface area (Å²) >= 11 is 0. The van der Waals surface area contributed by atoms with Gasteiger partial charge < -0.3 is 15.0 Å². The van der Waals surface area contributed by atoms with Gasteiger partial charge in [-0.15, -0.1) is 0 Å². The lowest BCUT2D eigenvalue weighted by molar-refractivity contribution is -0.132. The van der Waals surface area contributed by atoms with Crippen molar-refractivity contribution in [3.63, 3.8) is 0 Å². The second-order valence-electron chi connectivity index (χ2n) is 6.21. The molecule has 1 aromatic carbocycles. The molecule has 0 aliphatic carbocycles. The van der Waals surface area contributed by atoms with Crippen LogP contribution in [-0.4, -0.2) is 62.2 Å². The average molecular weight is 328 g/mol. The lowest BCUT2D eigenvalue weighted by atomic mass is 10.2. The van der Waals surface area contributed by atoms with Crippen molar-refractivity contribution < 1.29 is 9.53 Å². The Morgan fingerprint density at radius 1 is 1.38 bits per heavy atom. The SMILES string of the molecule is CCN1CCO[C@@H](C(=O)Nc2ccc3nc(N(C)C)ccc3c2)C1. The van der Waals surface area contributed by atoms with Gasteiger partial charge in [0.25, 0.3) is 5.91 Å². The Balaban J connectivity index is 1.73. The van der Waals surface area contributed by atoms with E-state index in [0.717, 1.165) is 35.5 Å². The zero-order valence-corrected chi connectivity index (χ0v) is 14.5. The number of ether oxygens (including phenoxy) is 1. The van der Waals surface area contributed by atoms with Gasteiger partial charge in [0.05, 0.1) is 12.1 Å². The summed E-state index contributed by atoms with van der Waals surface area (Å²) in [7, 11) is 3.93. The number of fused-ring (bicyclic) bond motifs is 1. The van der Waals surface area contributed by atoms with Gasteiger partial charge in [0, 0.05) is 38.3 Å². The predicted octanol–water partition coefficient (Wildman–Crippen LogP) is 1.96. The quantitative estimate of drug-likeness (QED) is 0.930. The third kappa shape index (κ3) is 3.66. The number of anilines is 2. The fraction of sp³-hybridized carbons (Fsp3) is 0.444. The van der Waals surface area contributed by atoms with Crippen molar-refractivity contribution in [1.82, 2.24) is 9.88 Å². The molecule has 1 aromatic heterocycles. The summed E-state index contributed by atoms with van der Waals surface area (Å²) in [6.07, 6.45) is -0.413. The van der Waals surface area contributed by atoms with E-state index >= 15 is 0 Å². The van der Waals surface area contributed by atoms with Crippen LogP contribution in [0.4, 0.5) is 11.5 Å². The van der Waals surface area contributed by atoms with E-state index in [1.54, 1.807) is 0 Å². The molecule has 0 radical (unpaired) electrons. The minimum atomic E-state index is -0.413. The third-order valence-corrected chi connectivity index (χ3v) is 4.29. The standard InChI is InChI=1S/C18H24N4O2/c1-4-22-9-10-24-16(12-22)18(23)19-14-6-7-15-13(11-14)5-8-17(20-15)21(2)3/h5-8,11,16H,4,9-10,12H2,1-3H3,(H,19,23)/t16-/m1/s1. The molecule has 3 rings (SSSR count). The van der Waals surface area contributed by atoms with Crippen LogP contribution >= 0.6 is 0 Å². The summed E-state index contributed by atoms with van der Waals surface area (Å²) in [4.78, 5) is 21.2. The molecule has 6 nitrogen and oxygen atoms in total. The highest BCUT2D eigenvalue weighted by Gasteiger charge is 2.25. The molecule has 0 saturated carbocycles. The molecule has 0 unspecified atom stereocenters. The number of pyridine rings is 1. The fourth-order valence-corrected chi connectivity index (χ4v) is 2.81. The Kier molecular flexibility index (Phi) is 4.97. The molecule has 2 aromatic rings. The van der Waals surface area contributed by atoms with Crippen LogP contribution in [0, 0.1) is 0 Å². The molecule has 2 heterocycles. The fourth-order valence-electron chi connectivity index (χ4n) is 2.81. The van der Waals surface area contributed by atoms with Gasteiger partial charge in [0.1, 0.15) is 11.9 Å². The number of hydrogen-bond donors (Lipinski definition) is 1. The number of aromatic nitrogens is 1. The molecular formula is C18H24N4O2. The molecule has 1 aliphatic heterocycles. The Labute approximate surface area is 142 Å². The van der Waals surface area contributed by atoms with Crippen LogP contribution in [0.25, 0.3) is 10.9 Å². The topological polar surface area (TPSA) is 57.7 Å². The van der Waals surface area contributed by atoms with Gasteiger partial charge in [0.2, 0.25) is 0 Å². The number of likely N-dealkylation sites (N-methyl/N-ethyl adjacent to an activating group) is 1. The molecule has 128 valence electrons. The van der Waals surface area contributed by atoms with Crippen LogP contribution in [-0.2, 0) is 9.53 Å².